The lowest BCUT2D eigenvalue weighted by Gasteiger charge is -2.14. The van der Waals surface area contributed by atoms with E-state index in [1.54, 1.807) is 0 Å². The van der Waals surface area contributed by atoms with Crippen molar-refractivity contribution in [2.45, 2.75) is 33.2 Å². The fraction of sp³-hybridized carbons (Fsp3) is 0.875. The highest BCUT2D eigenvalue weighted by molar-refractivity contribution is 5.75. The number of carbonyl (C=O) groups is 1. The predicted molar refractivity (Wildman–Crippen MR) is 46.1 cm³/mol. The number of carbonyl (C=O) groups excluding carboxylic acids is 1. The van der Waals surface area contributed by atoms with Crippen molar-refractivity contribution in [3.8, 4) is 0 Å². The first-order chi connectivity index (χ1) is 5.02. The Balaban J connectivity index is 3.37. The van der Waals surface area contributed by atoms with Crippen LogP contribution >= 0.6 is 0 Å². The van der Waals surface area contributed by atoms with E-state index in [2.05, 4.69) is 26.1 Å². The highest BCUT2D eigenvalue weighted by Gasteiger charge is 2.04. The lowest BCUT2D eigenvalue weighted by atomic mass is 10.1. The molecule has 3 N–H and O–H groups in total. The van der Waals surface area contributed by atoms with Crippen LogP contribution in [0.1, 0.15) is 27.2 Å². The molecule has 0 aliphatic carbocycles. The highest BCUT2D eigenvalue weighted by Crippen LogP contribution is 2.02. The molecule has 1 unspecified atom stereocenters. The van der Waals surface area contributed by atoms with Crippen LogP contribution in [0.2, 0.25) is 0 Å². The van der Waals surface area contributed by atoms with E-state index in [0.29, 0.717) is 12.0 Å². The maximum absolute atomic E-state index is 10.3. The third-order valence-electron chi connectivity index (χ3n) is 1.45. The Bertz CT molecular complexity index is 123. The number of hydrogen-bond acceptors (Lipinski definition) is 2. The third-order valence-corrected chi connectivity index (χ3v) is 1.45. The second-order valence-corrected chi connectivity index (χ2v) is 3.38. The molecule has 0 aromatic carbocycles. The Morgan fingerprint density at radius 1 is 1.45 bits per heavy atom. The molecule has 0 fully saturated rings. The summed E-state index contributed by atoms with van der Waals surface area (Å²) in [6.07, 6.45) is 1.08. The van der Waals surface area contributed by atoms with Crippen LogP contribution in [0.15, 0.2) is 0 Å². The van der Waals surface area contributed by atoms with Crippen molar-refractivity contribution in [3.63, 3.8) is 0 Å². The summed E-state index contributed by atoms with van der Waals surface area (Å²) in [5, 5.41) is 3.04. The fourth-order valence-electron chi connectivity index (χ4n) is 1.07. The minimum Gasteiger partial charge on any atom is -0.369 e. The fourth-order valence-corrected chi connectivity index (χ4v) is 1.07. The van der Waals surface area contributed by atoms with Crippen molar-refractivity contribution in [2.75, 3.05) is 6.54 Å². The van der Waals surface area contributed by atoms with Crippen LogP contribution in [0.5, 0.6) is 0 Å². The molecule has 1 amide bonds. The molecule has 0 saturated heterocycles. The normalized spacial score (nSPS) is 13.5. The van der Waals surface area contributed by atoms with Gasteiger partial charge in [-0.1, -0.05) is 13.8 Å². The summed E-state index contributed by atoms with van der Waals surface area (Å²) >= 11 is 0. The van der Waals surface area contributed by atoms with E-state index in [4.69, 9.17) is 5.73 Å². The molecular weight excluding hydrogens is 140 g/mol. The third kappa shape index (κ3) is 7.33. The second-order valence-electron chi connectivity index (χ2n) is 3.38. The van der Waals surface area contributed by atoms with E-state index in [0.717, 1.165) is 6.42 Å². The summed E-state index contributed by atoms with van der Waals surface area (Å²) in [5.41, 5.74) is 4.97. The Morgan fingerprint density at radius 3 is 2.36 bits per heavy atom. The SMILES string of the molecule is CC(C)CC(C)NCC(N)=O. The predicted octanol–water partition coefficient (Wildman–Crippen LogP) is 0.496. The smallest absolute Gasteiger partial charge is 0.231 e. The van der Waals surface area contributed by atoms with Crippen LogP contribution in [0, 0.1) is 5.92 Å². The molecule has 0 heterocycles. The van der Waals surface area contributed by atoms with E-state index in [1.165, 1.54) is 0 Å². The zero-order valence-corrected chi connectivity index (χ0v) is 7.55. The van der Waals surface area contributed by atoms with Gasteiger partial charge in [-0.3, -0.25) is 4.79 Å². The highest BCUT2D eigenvalue weighted by atomic mass is 16.1. The maximum atomic E-state index is 10.3. The van der Waals surface area contributed by atoms with Gasteiger partial charge in [-0.15, -0.1) is 0 Å². The standard InChI is InChI=1S/C8H18N2O/c1-6(2)4-7(3)10-5-8(9)11/h6-7,10H,4-5H2,1-3H3,(H2,9,11). The minimum absolute atomic E-state index is 0.286. The first kappa shape index (κ1) is 10.4. The van der Waals surface area contributed by atoms with E-state index < -0.39 is 0 Å². The van der Waals surface area contributed by atoms with Gasteiger partial charge in [-0.05, 0) is 19.3 Å². The van der Waals surface area contributed by atoms with Crippen molar-refractivity contribution in [3.05, 3.63) is 0 Å². The Morgan fingerprint density at radius 2 is 2.00 bits per heavy atom. The Hall–Kier alpha value is -0.570. The van der Waals surface area contributed by atoms with Crippen LogP contribution in [-0.4, -0.2) is 18.5 Å². The van der Waals surface area contributed by atoms with Gasteiger partial charge in [-0.25, -0.2) is 0 Å². The summed E-state index contributed by atoms with van der Waals surface area (Å²) in [6.45, 7) is 6.65. The van der Waals surface area contributed by atoms with Gasteiger partial charge < -0.3 is 11.1 Å². The van der Waals surface area contributed by atoms with Gasteiger partial charge in [0.05, 0.1) is 6.54 Å². The van der Waals surface area contributed by atoms with Crippen molar-refractivity contribution in [2.24, 2.45) is 11.7 Å². The van der Waals surface area contributed by atoms with Gasteiger partial charge in [0.25, 0.3) is 0 Å². The van der Waals surface area contributed by atoms with Crippen molar-refractivity contribution >= 4 is 5.91 Å². The molecule has 0 saturated carbocycles. The number of hydrogen-bond donors (Lipinski definition) is 2. The van der Waals surface area contributed by atoms with Crippen LogP contribution in [-0.2, 0) is 4.79 Å². The van der Waals surface area contributed by atoms with Crippen LogP contribution in [0.25, 0.3) is 0 Å². The zero-order valence-electron chi connectivity index (χ0n) is 7.55. The summed E-state index contributed by atoms with van der Waals surface area (Å²) in [4.78, 5) is 10.3. The number of primary amides is 1. The first-order valence-electron chi connectivity index (χ1n) is 4.04. The van der Waals surface area contributed by atoms with Crippen molar-refractivity contribution in [1.82, 2.24) is 5.32 Å². The number of nitrogens with two attached hydrogens (primary N) is 1. The molecule has 3 heteroatoms. The average molecular weight is 158 g/mol. The topological polar surface area (TPSA) is 55.1 Å². The van der Waals surface area contributed by atoms with Gasteiger partial charge in [0.15, 0.2) is 0 Å². The molecule has 11 heavy (non-hydrogen) atoms. The maximum Gasteiger partial charge on any atom is 0.231 e. The molecule has 0 aromatic rings. The van der Waals surface area contributed by atoms with Gasteiger partial charge in [0.1, 0.15) is 0 Å². The number of nitrogens with one attached hydrogen (secondary N) is 1. The van der Waals surface area contributed by atoms with E-state index in [1.807, 2.05) is 0 Å². The van der Waals surface area contributed by atoms with Gasteiger partial charge in [0.2, 0.25) is 5.91 Å². The van der Waals surface area contributed by atoms with Crippen LogP contribution in [0.4, 0.5) is 0 Å². The lowest BCUT2D eigenvalue weighted by Crippen LogP contribution is -2.35. The second kappa shape index (κ2) is 5.13. The molecule has 0 rings (SSSR count). The summed E-state index contributed by atoms with van der Waals surface area (Å²) in [5.74, 6) is 0.367. The van der Waals surface area contributed by atoms with Gasteiger partial charge in [-0.2, -0.15) is 0 Å². The van der Waals surface area contributed by atoms with Crippen molar-refractivity contribution < 1.29 is 4.79 Å². The quantitative estimate of drug-likeness (QED) is 0.612. The molecule has 0 spiro atoms. The summed E-state index contributed by atoms with van der Waals surface area (Å²) in [7, 11) is 0. The van der Waals surface area contributed by atoms with Crippen LogP contribution in [0.3, 0.4) is 0 Å². The monoisotopic (exact) mass is 158 g/mol. The number of amides is 1. The Labute approximate surface area is 68.3 Å². The number of rotatable bonds is 5. The summed E-state index contributed by atoms with van der Waals surface area (Å²) in [6, 6.07) is 0.377. The molecule has 0 aliphatic rings. The first-order valence-corrected chi connectivity index (χ1v) is 4.04. The molecule has 0 aliphatic heterocycles. The molecule has 66 valence electrons. The van der Waals surface area contributed by atoms with Crippen molar-refractivity contribution in [1.29, 1.82) is 0 Å². The van der Waals surface area contributed by atoms with E-state index >= 15 is 0 Å². The zero-order chi connectivity index (χ0) is 8.85. The van der Waals surface area contributed by atoms with Crippen LogP contribution < -0.4 is 11.1 Å². The largest absolute Gasteiger partial charge is 0.369 e. The minimum atomic E-state index is -0.291. The molecule has 0 bridgehead atoms. The van der Waals surface area contributed by atoms with E-state index in [9.17, 15) is 4.79 Å². The molecule has 0 radical (unpaired) electrons. The molecule has 0 aromatic heterocycles. The van der Waals surface area contributed by atoms with E-state index in [-0.39, 0.29) is 12.5 Å². The molecule has 3 nitrogen and oxygen atoms in total. The van der Waals surface area contributed by atoms with Gasteiger partial charge >= 0.3 is 0 Å². The Kier molecular flexibility index (Phi) is 4.86. The molecular formula is C8H18N2O. The lowest BCUT2D eigenvalue weighted by molar-refractivity contribution is -0.117. The molecule has 1 atom stereocenters. The van der Waals surface area contributed by atoms with Gasteiger partial charge in [0, 0.05) is 6.04 Å². The average Bonchev–Trinajstić information content (AvgIpc) is 1.82. The summed E-state index contributed by atoms with van der Waals surface area (Å²) < 4.78 is 0.